The Balaban J connectivity index is 1.44. The fourth-order valence-corrected chi connectivity index (χ4v) is 3.33. The zero-order valence-corrected chi connectivity index (χ0v) is 14.8. The Morgan fingerprint density at radius 3 is 2.80 bits per heavy atom. The molecular formula is C19H20N4OS. The number of carbonyl (C=O) groups excluding carboxylic acids is 1. The number of aryl methyl sites for hydroxylation is 1. The van der Waals surface area contributed by atoms with Crippen LogP contribution in [0.25, 0.3) is 11.3 Å². The first kappa shape index (κ1) is 17.2. The van der Waals surface area contributed by atoms with E-state index in [4.69, 9.17) is 0 Å². The summed E-state index contributed by atoms with van der Waals surface area (Å²) in [6, 6.07) is 13.9. The molecule has 128 valence electrons. The van der Waals surface area contributed by atoms with Crippen LogP contribution in [0.2, 0.25) is 0 Å². The molecule has 0 radical (unpaired) electrons. The lowest BCUT2D eigenvalue weighted by Crippen LogP contribution is -2.26. The van der Waals surface area contributed by atoms with Crippen molar-refractivity contribution < 1.29 is 4.79 Å². The molecule has 25 heavy (non-hydrogen) atoms. The first-order chi connectivity index (χ1) is 12.2. The van der Waals surface area contributed by atoms with Crippen molar-refractivity contribution in [3.8, 4) is 11.3 Å². The third-order valence-corrected chi connectivity index (χ3v) is 4.86. The maximum absolute atomic E-state index is 12.2. The zero-order valence-electron chi connectivity index (χ0n) is 14.0. The molecule has 0 aliphatic rings. The minimum Gasteiger partial charge on any atom is -0.350 e. The molecule has 0 saturated heterocycles. The Hall–Kier alpha value is -2.60. The third-order valence-electron chi connectivity index (χ3n) is 3.85. The molecule has 0 bridgehead atoms. The second-order valence-corrected chi connectivity index (χ2v) is 6.74. The van der Waals surface area contributed by atoms with Crippen LogP contribution in [0.3, 0.4) is 0 Å². The normalized spacial score (nSPS) is 10.6. The number of pyridine rings is 1. The summed E-state index contributed by atoms with van der Waals surface area (Å²) in [5.41, 5.74) is 4.78. The summed E-state index contributed by atoms with van der Waals surface area (Å²) in [5.74, 6) is 1.69. The Morgan fingerprint density at radius 2 is 2.00 bits per heavy atom. The van der Waals surface area contributed by atoms with Gasteiger partial charge in [0.15, 0.2) is 0 Å². The monoisotopic (exact) mass is 352 g/mol. The summed E-state index contributed by atoms with van der Waals surface area (Å²) in [6.07, 6.45) is 3.41. The molecule has 3 aromatic rings. The van der Waals surface area contributed by atoms with Crippen molar-refractivity contribution in [1.29, 1.82) is 0 Å². The number of hydrogen-bond donors (Lipinski definition) is 2. The van der Waals surface area contributed by atoms with Crippen LogP contribution in [-0.4, -0.2) is 33.4 Å². The minimum atomic E-state index is -0.135. The van der Waals surface area contributed by atoms with Gasteiger partial charge in [-0.2, -0.15) is 16.9 Å². The van der Waals surface area contributed by atoms with Crippen molar-refractivity contribution in [3.05, 3.63) is 71.7 Å². The third kappa shape index (κ3) is 4.70. The van der Waals surface area contributed by atoms with Gasteiger partial charge >= 0.3 is 0 Å². The van der Waals surface area contributed by atoms with Crippen LogP contribution in [0.4, 0.5) is 0 Å². The van der Waals surface area contributed by atoms with Crippen LogP contribution in [0.1, 0.15) is 21.6 Å². The van der Waals surface area contributed by atoms with Gasteiger partial charge in [-0.3, -0.25) is 14.9 Å². The van der Waals surface area contributed by atoms with E-state index in [1.165, 1.54) is 11.1 Å². The molecule has 6 heteroatoms. The molecule has 1 aromatic carbocycles. The van der Waals surface area contributed by atoms with Gasteiger partial charge in [0, 0.05) is 36.0 Å². The zero-order chi connectivity index (χ0) is 17.5. The summed E-state index contributed by atoms with van der Waals surface area (Å²) in [5, 5.41) is 9.89. The number of thioether (sulfide) groups is 1. The first-order valence-corrected chi connectivity index (χ1v) is 9.26. The van der Waals surface area contributed by atoms with Gasteiger partial charge in [0.2, 0.25) is 0 Å². The largest absolute Gasteiger partial charge is 0.350 e. The summed E-state index contributed by atoms with van der Waals surface area (Å²) in [4.78, 5) is 16.2. The van der Waals surface area contributed by atoms with Crippen LogP contribution < -0.4 is 5.32 Å². The number of benzene rings is 1. The molecule has 2 heterocycles. The van der Waals surface area contributed by atoms with Crippen LogP contribution in [0, 0.1) is 6.92 Å². The highest BCUT2D eigenvalue weighted by Gasteiger charge is 2.10. The maximum Gasteiger partial charge on any atom is 0.269 e. The second kappa shape index (κ2) is 8.48. The smallest absolute Gasteiger partial charge is 0.269 e. The number of aromatic nitrogens is 3. The van der Waals surface area contributed by atoms with Crippen LogP contribution in [0.5, 0.6) is 0 Å². The fourth-order valence-electron chi connectivity index (χ4n) is 2.39. The first-order valence-electron chi connectivity index (χ1n) is 8.10. The molecule has 2 N–H and O–H groups in total. The van der Waals surface area contributed by atoms with Gasteiger partial charge in [-0.1, -0.05) is 24.3 Å². The molecule has 0 aliphatic carbocycles. The predicted molar refractivity (Wildman–Crippen MR) is 101 cm³/mol. The number of amides is 1. The van der Waals surface area contributed by atoms with E-state index in [1.54, 1.807) is 18.5 Å². The molecule has 0 atom stereocenters. The van der Waals surface area contributed by atoms with E-state index >= 15 is 0 Å². The summed E-state index contributed by atoms with van der Waals surface area (Å²) >= 11 is 1.81. The average Bonchev–Trinajstić information content (AvgIpc) is 3.14. The average molecular weight is 352 g/mol. The van der Waals surface area contributed by atoms with E-state index in [1.807, 2.05) is 30.0 Å². The number of nitrogens with one attached hydrogen (secondary N) is 2. The number of aromatic amines is 1. The number of rotatable bonds is 7. The molecule has 1 amide bonds. The Bertz CT molecular complexity index is 832. The fraction of sp³-hybridized carbons (Fsp3) is 0.211. The van der Waals surface area contributed by atoms with Crippen molar-refractivity contribution in [1.82, 2.24) is 20.5 Å². The van der Waals surface area contributed by atoms with Crippen molar-refractivity contribution in [3.63, 3.8) is 0 Å². The summed E-state index contributed by atoms with van der Waals surface area (Å²) in [6.45, 7) is 2.75. The van der Waals surface area contributed by atoms with Gasteiger partial charge in [-0.05, 0) is 36.2 Å². The minimum absolute atomic E-state index is 0.135. The van der Waals surface area contributed by atoms with Crippen molar-refractivity contribution in [2.45, 2.75) is 12.7 Å². The lowest BCUT2D eigenvalue weighted by atomic mass is 10.1. The topological polar surface area (TPSA) is 70.7 Å². The summed E-state index contributed by atoms with van der Waals surface area (Å²) < 4.78 is 0. The van der Waals surface area contributed by atoms with Crippen LogP contribution in [-0.2, 0) is 5.75 Å². The van der Waals surface area contributed by atoms with E-state index in [-0.39, 0.29) is 5.91 Å². The molecule has 0 unspecified atom stereocenters. The van der Waals surface area contributed by atoms with E-state index < -0.39 is 0 Å². The standard InChI is InChI=1S/C19H20N4OS/c1-14-4-2-3-5-16(14)13-25-11-10-21-19(24)18-12-17(22-23-18)15-6-8-20-9-7-15/h2-9,12H,10-11,13H2,1H3,(H,21,24)(H,22,23). The van der Waals surface area contributed by atoms with Crippen molar-refractivity contribution in [2.24, 2.45) is 0 Å². The van der Waals surface area contributed by atoms with Crippen molar-refractivity contribution >= 4 is 17.7 Å². The van der Waals surface area contributed by atoms with Gasteiger partial charge in [-0.15, -0.1) is 0 Å². The van der Waals surface area contributed by atoms with E-state index in [2.05, 4.69) is 45.6 Å². The van der Waals surface area contributed by atoms with E-state index in [0.717, 1.165) is 22.8 Å². The SMILES string of the molecule is Cc1ccccc1CSCCNC(=O)c1cc(-c2ccncc2)n[nH]1. The highest BCUT2D eigenvalue weighted by Crippen LogP contribution is 2.17. The van der Waals surface area contributed by atoms with E-state index in [0.29, 0.717) is 12.2 Å². The molecule has 0 fully saturated rings. The molecule has 0 saturated carbocycles. The summed E-state index contributed by atoms with van der Waals surface area (Å²) in [7, 11) is 0. The molecule has 2 aromatic heterocycles. The molecule has 3 rings (SSSR count). The van der Waals surface area contributed by atoms with Gasteiger partial charge in [0.1, 0.15) is 5.69 Å². The predicted octanol–water partition coefficient (Wildman–Crippen LogP) is 3.44. The quantitative estimate of drug-likeness (QED) is 0.639. The van der Waals surface area contributed by atoms with Gasteiger partial charge in [0.25, 0.3) is 5.91 Å². The van der Waals surface area contributed by atoms with Gasteiger partial charge < -0.3 is 5.32 Å². The number of hydrogen-bond acceptors (Lipinski definition) is 4. The molecular weight excluding hydrogens is 332 g/mol. The Morgan fingerprint density at radius 1 is 1.20 bits per heavy atom. The van der Waals surface area contributed by atoms with Crippen molar-refractivity contribution in [2.75, 3.05) is 12.3 Å². The molecule has 0 aliphatic heterocycles. The lowest BCUT2D eigenvalue weighted by molar-refractivity contribution is 0.0951. The van der Waals surface area contributed by atoms with Crippen LogP contribution >= 0.6 is 11.8 Å². The number of carbonyl (C=O) groups is 1. The van der Waals surface area contributed by atoms with Crippen LogP contribution in [0.15, 0.2) is 54.9 Å². The van der Waals surface area contributed by atoms with E-state index in [9.17, 15) is 4.79 Å². The van der Waals surface area contributed by atoms with Gasteiger partial charge in [-0.25, -0.2) is 0 Å². The van der Waals surface area contributed by atoms with Gasteiger partial charge in [0.05, 0.1) is 5.69 Å². The Labute approximate surface area is 151 Å². The second-order valence-electron chi connectivity index (χ2n) is 5.64. The number of nitrogens with zero attached hydrogens (tertiary/aromatic N) is 2. The molecule has 0 spiro atoms. The maximum atomic E-state index is 12.2. The number of H-pyrrole nitrogens is 1. The highest BCUT2D eigenvalue weighted by atomic mass is 32.2. The Kier molecular flexibility index (Phi) is 5.85. The lowest BCUT2D eigenvalue weighted by Gasteiger charge is -2.06. The highest BCUT2D eigenvalue weighted by molar-refractivity contribution is 7.98. The molecule has 5 nitrogen and oxygen atoms in total.